The number of Topliss-reactive ketones (excluding diaryl/α,β-unsaturated/α-hetero) is 1. The predicted molar refractivity (Wildman–Crippen MR) is 126 cm³/mol. The molecular weight excluding hydrogens is 434 g/mol. The lowest BCUT2D eigenvalue weighted by Gasteiger charge is -2.08. The van der Waals surface area contributed by atoms with Crippen LogP contribution in [0.1, 0.15) is 26.3 Å². The van der Waals surface area contributed by atoms with Crippen LogP contribution in [-0.2, 0) is 4.74 Å². The summed E-state index contributed by atoms with van der Waals surface area (Å²) in [6.07, 6.45) is 1.58. The molecule has 4 aromatic rings. The Kier molecular flexibility index (Phi) is 6.82. The Morgan fingerprint density at radius 1 is 1.03 bits per heavy atom. The molecule has 3 aromatic carbocycles. The number of para-hydroxylation sites is 1. The lowest BCUT2D eigenvalue weighted by molar-refractivity contribution is -0.497. The number of ether oxygens (including phenoxy) is 2. The number of carbonyl (C=O) groups excluding carboxylic acids is 2. The molecule has 0 aliphatic heterocycles. The molecule has 4 rings (SSSR count). The normalized spacial score (nSPS) is 10.7. The summed E-state index contributed by atoms with van der Waals surface area (Å²) in [5.41, 5.74) is 4.29. The molecule has 8 heteroatoms. The quantitative estimate of drug-likeness (QED) is 0.187. The number of nitrogens with two attached hydrogens (primary N) is 1. The largest absolute Gasteiger partial charge is 0.630 e. The van der Waals surface area contributed by atoms with Crippen molar-refractivity contribution < 1.29 is 24.5 Å². The van der Waals surface area contributed by atoms with Crippen molar-refractivity contribution in [1.82, 2.24) is 9.78 Å². The molecule has 0 saturated heterocycles. The van der Waals surface area contributed by atoms with Crippen molar-refractivity contribution in [2.45, 2.75) is 6.92 Å². The van der Waals surface area contributed by atoms with Crippen LogP contribution in [0.25, 0.3) is 16.9 Å². The molecule has 34 heavy (non-hydrogen) atoms. The van der Waals surface area contributed by atoms with Gasteiger partial charge >= 0.3 is 5.97 Å². The number of quaternary nitrogens is 1. The number of rotatable bonds is 8. The van der Waals surface area contributed by atoms with E-state index in [2.05, 4.69) is 5.10 Å². The van der Waals surface area contributed by atoms with Crippen molar-refractivity contribution in [3.05, 3.63) is 101 Å². The number of ketones is 1. The molecule has 0 amide bonds. The lowest BCUT2D eigenvalue weighted by atomic mass is 10.1. The fraction of sp³-hybridized carbons (Fsp3) is 0.115. The van der Waals surface area contributed by atoms with Crippen LogP contribution in [0.4, 0.5) is 5.69 Å². The number of esters is 1. The van der Waals surface area contributed by atoms with E-state index in [-0.39, 0.29) is 5.56 Å². The van der Waals surface area contributed by atoms with Crippen LogP contribution in [-0.4, -0.2) is 35.2 Å². The van der Waals surface area contributed by atoms with Crippen LogP contribution in [0.3, 0.4) is 0 Å². The van der Waals surface area contributed by atoms with Crippen LogP contribution in [0.5, 0.6) is 5.75 Å². The zero-order chi connectivity index (χ0) is 24.1. The van der Waals surface area contributed by atoms with E-state index >= 15 is 0 Å². The molecule has 0 aliphatic rings. The molecular formula is C26H23N3O5. The van der Waals surface area contributed by atoms with Crippen molar-refractivity contribution >= 4 is 17.4 Å². The zero-order valence-corrected chi connectivity index (χ0v) is 18.7. The van der Waals surface area contributed by atoms with Gasteiger partial charge in [0.05, 0.1) is 12.8 Å². The van der Waals surface area contributed by atoms with Gasteiger partial charge in [0, 0.05) is 29.0 Å². The van der Waals surface area contributed by atoms with Crippen LogP contribution in [0.15, 0.2) is 79.0 Å². The highest BCUT2D eigenvalue weighted by atomic mass is 16.5. The minimum Gasteiger partial charge on any atom is -0.630 e. The molecule has 0 spiro atoms. The number of hydrogen-bond acceptors (Lipinski definition) is 6. The summed E-state index contributed by atoms with van der Waals surface area (Å²) in [6, 6.07) is 21.3. The molecule has 1 heterocycles. The highest BCUT2D eigenvalue weighted by Crippen LogP contribution is 2.26. The molecule has 0 aliphatic carbocycles. The Bertz CT molecular complexity index is 1310. The van der Waals surface area contributed by atoms with Gasteiger partial charge in [-0.15, -0.1) is 0 Å². The van der Waals surface area contributed by atoms with Gasteiger partial charge in [-0.05, 0) is 43.3 Å². The van der Waals surface area contributed by atoms with Crippen LogP contribution < -0.4 is 10.2 Å². The summed E-state index contributed by atoms with van der Waals surface area (Å²) >= 11 is 0. The first-order valence-corrected chi connectivity index (χ1v) is 10.6. The topological polar surface area (TPSA) is 110 Å². The van der Waals surface area contributed by atoms with Gasteiger partial charge in [-0.1, -0.05) is 30.3 Å². The molecule has 0 saturated carbocycles. The summed E-state index contributed by atoms with van der Waals surface area (Å²) in [4.78, 5) is 25.6. The van der Waals surface area contributed by atoms with Gasteiger partial charge in [-0.25, -0.2) is 9.48 Å². The molecule has 8 nitrogen and oxygen atoms in total. The van der Waals surface area contributed by atoms with Gasteiger partial charge < -0.3 is 20.2 Å². The van der Waals surface area contributed by atoms with E-state index in [1.807, 2.05) is 30.3 Å². The number of nitrogens with zero attached hydrogens (tertiary/aromatic N) is 2. The van der Waals surface area contributed by atoms with Gasteiger partial charge in [0.1, 0.15) is 22.7 Å². The van der Waals surface area contributed by atoms with Crippen molar-refractivity contribution in [2.24, 2.45) is 0 Å². The third-order valence-electron chi connectivity index (χ3n) is 5.38. The summed E-state index contributed by atoms with van der Waals surface area (Å²) in [7, 11) is 1.57. The number of methoxy groups -OCH3 is 1. The van der Waals surface area contributed by atoms with E-state index < -0.39 is 18.4 Å². The number of carbonyl (C=O) groups is 2. The first kappa shape index (κ1) is 22.9. The summed E-state index contributed by atoms with van der Waals surface area (Å²) in [6.45, 7) is 1.32. The maximum atomic E-state index is 13.0. The van der Waals surface area contributed by atoms with E-state index in [1.54, 1.807) is 61.3 Å². The second-order valence-electron chi connectivity index (χ2n) is 7.59. The Balaban J connectivity index is 1.60. The third-order valence-corrected chi connectivity index (χ3v) is 5.38. The molecule has 2 N–H and O–H groups in total. The summed E-state index contributed by atoms with van der Waals surface area (Å²) < 4.78 is 12.2. The van der Waals surface area contributed by atoms with E-state index in [0.717, 1.165) is 11.3 Å². The fourth-order valence-corrected chi connectivity index (χ4v) is 3.43. The van der Waals surface area contributed by atoms with Crippen molar-refractivity contribution in [2.75, 3.05) is 13.7 Å². The van der Waals surface area contributed by atoms with E-state index in [1.165, 1.54) is 6.07 Å². The lowest BCUT2D eigenvalue weighted by Crippen LogP contribution is -2.70. The minimum absolute atomic E-state index is 0.222. The van der Waals surface area contributed by atoms with E-state index in [0.29, 0.717) is 33.7 Å². The average molecular weight is 457 g/mol. The Hall–Kier alpha value is -4.27. The first-order chi connectivity index (χ1) is 16.5. The van der Waals surface area contributed by atoms with E-state index in [4.69, 9.17) is 9.47 Å². The van der Waals surface area contributed by atoms with Gasteiger partial charge in [0.25, 0.3) is 0 Å². The highest BCUT2D eigenvalue weighted by molar-refractivity contribution is 6.01. The average Bonchev–Trinajstić information content (AvgIpc) is 3.33. The standard InChI is InChI=1S/C26H23N3O5/c1-17-8-9-19(14-23(17)28-32)24(30)16-34-26(31)22-15-29(20-6-4-3-5-7-20)27-25(22)18-10-12-21(33-2)13-11-18/h3-15H,16,28H2,1-2H3. The molecule has 172 valence electrons. The zero-order valence-electron chi connectivity index (χ0n) is 18.7. The van der Waals surface area contributed by atoms with Crippen molar-refractivity contribution in [3.8, 4) is 22.7 Å². The number of aryl methyl sites for hydroxylation is 1. The van der Waals surface area contributed by atoms with Crippen LogP contribution in [0, 0.1) is 12.1 Å². The number of aromatic nitrogens is 2. The Morgan fingerprint density at radius 3 is 2.44 bits per heavy atom. The summed E-state index contributed by atoms with van der Waals surface area (Å²) in [5.74, 6) is -0.407. The first-order valence-electron chi connectivity index (χ1n) is 10.6. The SMILES string of the molecule is COc1ccc(-c2nn(-c3ccccc3)cc2C(=O)OCC(=O)c2ccc(C)c([NH2+][O-])c2)cc1. The van der Waals surface area contributed by atoms with Gasteiger partial charge in [-0.2, -0.15) is 5.10 Å². The van der Waals surface area contributed by atoms with Crippen molar-refractivity contribution in [3.63, 3.8) is 0 Å². The minimum atomic E-state index is -0.677. The summed E-state index contributed by atoms with van der Waals surface area (Å²) in [5, 5.41) is 15.8. The molecule has 1 aromatic heterocycles. The van der Waals surface area contributed by atoms with Crippen LogP contribution in [0.2, 0.25) is 0 Å². The van der Waals surface area contributed by atoms with Gasteiger partial charge in [-0.3, -0.25) is 4.79 Å². The fourth-order valence-electron chi connectivity index (χ4n) is 3.43. The van der Waals surface area contributed by atoms with E-state index in [9.17, 15) is 14.8 Å². The smallest absolute Gasteiger partial charge is 0.342 e. The highest BCUT2D eigenvalue weighted by Gasteiger charge is 2.21. The van der Waals surface area contributed by atoms with Crippen LogP contribution >= 0.6 is 0 Å². The molecule has 0 fully saturated rings. The number of hydrogen-bond donors (Lipinski definition) is 1. The second kappa shape index (κ2) is 10.1. The molecule has 0 radical (unpaired) electrons. The Labute approximate surface area is 196 Å². The monoisotopic (exact) mass is 457 g/mol. The number of benzene rings is 3. The molecule has 0 bridgehead atoms. The van der Waals surface area contributed by atoms with Gasteiger partial charge in [0.15, 0.2) is 6.61 Å². The third kappa shape index (κ3) is 4.88. The Morgan fingerprint density at radius 2 is 1.76 bits per heavy atom. The predicted octanol–water partition coefficient (Wildman–Crippen LogP) is 3.59. The maximum Gasteiger partial charge on any atom is 0.342 e. The maximum absolute atomic E-state index is 13.0. The second-order valence-corrected chi connectivity index (χ2v) is 7.59. The van der Waals surface area contributed by atoms with Gasteiger partial charge in [0.2, 0.25) is 5.78 Å². The molecule has 0 unspecified atom stereocenters. The molecule has 0 atom stereocenters. The van der Waals surface area contributed by atoms with Crippen molar-refractivity contribution in [1.29, 1.82) is 0 Å².